The van der Waals surface area contributed by atoms with Gasteiger partial charge in [0.25, 0.3) is 0 Å². The second-order valence-electron chi connectivity index (χ2n) is 4.70. The number of rotatable bonds is 8. The summed E-state index contributed by atoms with van der Waals surface area (Å²) in [6, 6.07) is -3.38. The van der Waals surface area contributed by atoms with Gasteiger partial charge in [-0.3, -0.25) is 9.59 Å². The fourth-order valence-corrected chi connectivity index (χ4v) is 1.58. The second kappa shape index (κ2) is 8.10. The monoisotopic (exact) mass is 313 g/mol. The van der Waals surface area contributed by atoms with Gasteiger partial charge in [0.15, 0.2) is 0 Å². The summed E-state index contributed by atoms with van der Waals surface area (Å²) in [5.74, 6) is -2.71. The molecule has 2 amide bonds. The number of hydrogen-bond acceptors (Lipinski definition) is 6. The minimum Gasteiger partial charge on any atom is -0.480 e. The van der Waals surface area contributed by atoms with Gasteiger partial charge in [0.05, 0.1) is 24.7 Å². The summed E-state index contributed by atoms with van der Waals surface area (Å²) >= 11 is 0. The van der Waals surface area contributed by atoms with E-state index in [9.17, 15) is 14.4 Å². The van der Waals surface area contributed by atoms with E-state index in [1.807, 2.05) is 0 Å². The molecule has 7 N–H and O–H groups in total. The maximum atomic E-state index is 12.0. The Morgan fingerprint density at radius 2 is 1.95 bits per heavy atom. The highest BCUT2D eigenvalue weighted by atomic mass is 16.4. The van der Waals surface area contributed by atoms with Crippen LogP contribution in [-0.4, -0.2) is 62.7 Å². The Kier molecular flexibility index (Phi) is 6.47. The van der Waals surface area contributed by atoms with Crippen LogP contribution < -0.4 is 16.4 Å². The fraction of sp³-hybridized carbons (Fsp3) is 0.500. The average molecular weight is 313 g/mol. The van der Waals surface area contributed by atoms with Crippen LogP contribution in [0, 0.1) is 0 Å². The number of nitrogens with zero attached hydrogens (tertiary/aromatic N) is 1. The normalized spacial score (nSPS) is 14.7. The minimum absolute atomic E-state index is 0.0377. The number of aromatic nitrogens is 2. The van der Waals surface area contributed by atoms with Crippen molar-refractivity contribution in [2.24, 2.45) is 5.73 Å². The smallest absolute Gasteiger partial charge is 0.326 e. The summed E-state index contributed by atoms with van der Waals surface area (Å²) < 4.78 is 0. The number of imidazole rings is 1. The van der Waals surface area contributed by atoms with Crippen molar-refractivity contribution in [2.45, 2.75) is 31.5 Å². The molecule has 1 aromatic rings. The molecule has 0 bridgehead atoms. The predicted molar refractivity (Wildman–Crippen MR) is 74.5 cm³/mol. The zero-order valence-corrected chi connectivity index (χ0v) is 11.9. The number of nitrogens with one attached hydrogen (secondary N) is 3. The van der Waals surface area contributed by atoms with Crippen molar-refractivity contribution in [3.63, 3.8) is 0 Å². The van der Waals surface area contributed by atoms with E-state index in [0.717, 1.165) is 0 Å². The van der Waals surface area contributed by atoms with E-state index >= 15 is 0 Å². The minimum atomic E-state index is -1.28. The third kappa shape index (κ3) is 5.14. The molecule has 0 aliphatic heterocycles. The number of carbonyl (C=O) groups excluding carboxylic acids is 2. The second-order valence-corrected chi connectivity index (χ2v) is 4.70. The van der Waals surface area contributed by atoms with E-state index in [0.29, 0.717) is 5.69 Å². The van der Waals surface area contributed by atoms with Crippen LogP contribution >= 0.6 is 0 Å². The largest absolute Gasteiger partial charge is 0.480 e. The van der Waals surface area contributed by atoms with Gasteiger partial charge in [-0.25, -0.2) is 9.78 Å². The molecular weight excluding hydrogens is 294 g/mol. The fourth-order valence-electron chi connectivity index (χ4n) is 1.58. The molecule has 0 saturated carbocycles. The number of H-pyrrole nitrogens is 1. The number of nitrogens with two attached hydrogens (primary N) is 1. The molecule has 0 aromatic carbocycles. The van der Waals surface area contributed by atoms with Crippen molar-refractivity contribution < 1.29 is 24.6 Å². The van der Waals surface area contributed by atoms with E-state index in [2.05, 4.69) is 20.6 Å². The molecule has 0 saturated heterocycles. The molecule has 0 fully saturated rings. The predicted octanol–water partition coefficient (Wildman–Crippen LogP) is -2.65. The topological polar surface area (TPSA) is 170 Å². The molecule has 122 valence electrons. The van der Waals surface area contributed by atoms with Crippen LogP contribution in [-0.2, 0) is 20.8 Å². The number of carbonyl (C=O) groups is 3. The first kappa shape index (κ1) is 17.6. The standard InChI is InChI=1S/C12H19N5O5/c1-6(13)10(19)17-9(4-18)11(20)16-8(12(21)22)2-7-3-14-5-15-7/h3,5-6,8-9,18H,2,4,13H2,1H3,(H,14,15)(H,16,20)(H,17,19)(H,21,22)/t6-,8-,9-/m1/s1. The zero-order valence-electron chi connectivity index (χ0n) is 11.9. The van der Waals surface area contributed by atoms with Crippen LogP contribution in [0.1, 0.15) is 12.6 Å². The van der Waals surface area contributed by atoms with Gasteiger partial charge in [-0.05, 0) is 6.92 Å². The van der Waals surface area contributed by atoms with E-state index < -0.39 is 42.5 Å². The van der Waals surface area contributed by atoms with Gasteiger partial charge in [-0.1, -0.05) is 0 Å². The van der Waals surface area contributed by atoms with Crippen molar-refractivity contribution in [1.82, 2.24) is 20.6 Å². The van der Waals surface area contributed by atoms with Crippen molar-refractivity contribution >= 4 is 17.8 Å². The van der Waals surface area contributed by atoms with Crippen molar-refractivity contribution in [3.05, 3.63) is 18.2 Å². The van der Waals surface area contributed by atoms with Gasteiger partial charge in [-0.2, -0.15) is 0 Å². The van der Waals surface area contributed by atoms with Crippen molar-refractivity contribution in [3.8, 4) is 0 Å². The summed E-state index contributed by atoms with van der Waals surface area (Å²) in [5.41, 5.74) is 5.80. The third-order valence-corrected chi connectivity index (χ3v) is 2.81. The third-order valence-electron chi connectivity index (χ3n) is 2.81. The molecule has 0 radical (unpaired) electrons. The van der Waals surface area contributed by atoms with Crippen molar-refractivity contribution in [1.29, 1.82) is 0 Å². The van der Waals surface area contributed by atoms with Gasteiger partial charge >= 0.3 is 5.97 Å². The summed E-state index contributed by atoms with van der Waals surface area (Å²) in [6.45, 7) is 0.734. The highest BCUT2D eigenvalue weighted by Gasteiger charge is 2.27. The molecule has 10 nitrogen and oxygen atoms in total. The molecule has 10 heteroatoms. The average Bonchev–Trinajstić information content (AvgIpc) is 2.96. The van der Waals surface area contributed by atoms with Gasteiger partial charge in [0.1, 0.15) is 12.1 Å². The summed E-state index contributed by atoms with van der Waals surface area (Å²) in [7, 11) is 0. The highest BCUT2D eigenvalue weighted by molar-refractivity contribution is 5.91. The van der Waals surface area contributed by atoms with Gasteiger partial charge < -0.3 is 31.6 Å². The van der Waals surface area contributed by atoms with E-state index in [1.54, 1.807) is 0 Å². The lowest BCUT2D eigenvalue weighted by molar-refractivity contribution is -0.142. The maximum absolute atomic E-state index is 12.0. The highest BCUT2D eigenvalue weighted by Crippen LogP contribution is 2.00. The molecule has 0 unspecified atom stereocenters. The van der Waals surface area contributed by atoms with Gasteiger partial charge in [0, 0.05) is 12.6 Å². The van der Waals surface area contributed by atoms with E-state index in [1.165, 1.54) is 19.4 Å². The van der Waals surface area contributed by atoms with Crippen molar-refractivity contribution in [2.75, 3.05) is 6.61 Å². The summed E-state index contributed by atoms with van der Waals surface area (Å²) in [6.07, 6.45) is 2.85. The van der Waals surface area contributed by atoms with Crippen LogP contribution in [0.5, 0.6) is 0 Å². The number of aliphatic carboxylic acids is 1. The number of aliphatic hydroxyl groups excluding tert-OH is 1. The number of aliphatic hydroxyl groups is 1. The number of hydrogen-bond donors (Lipinski definition) is 6. The van der Waals surface area contributed by atoms with Crippen LogP contribution in [0.4, 0.5) is 0 Å². The quantitative estimate of drug-likeness (QED) is 0.304. The first-order valence-corrected chi connectivity index (χ1v) is 6.52. The molecule has 0 spiro atoms. The number of carboxylic acid groups (broad SMARTS) is 1. The number of amides is 2. The Balaban J connectivity index is 2.68. The molecule has 0 aliphatic carbocycles. The Hall–Kier alpha value is -2.46. The van der Waals surface area contributed by atoms with Crippen LogP contribution in [0.2, 0.25) is 0 Å². The van der Waals surface area contributed by atoms with Crippen LogP contribution in [0.25, 0.3) is 0 Å². The molecule has 1 heterocycles. The molecule has 1 aromatic heterocycles. The number of carboxylic acids is 1. The molecule has 0 aliphatic rings. The summed E-state index contributed by atoms with van der Waals surface area (Å²) in [5, 5.41) is 22.7. The molecule has 22 heavy (non-hydrogen) atoms. The lowest BCUT2D eigenvalue weighted by atomic mass is 10.1. The van der Waals surface area contributed by atoms with Gasteiger partial charge in [0.2, 0.25) is 11.8 Å². The Bertz CT molecular complexity index is 516. The Morgan fingerprint density at radius 1 is 1.32 bits per heavy atom. The Morgan fingerprint density at radius 3 is 2.41 bits per heavy atom. The van der Waals surface area contributed by atoms with E-state index in [-0.39, 0.29) is 6.42 Å². The lowest BCUT2D eigenvalue weighted by Gasteiger charge is -2.20. The Labute approximate surface area is 126 Å². The molecule has 1 rings (SSSR count). The lowest BCUT2D eigenvalue weighted by Crippen LogP contribution is -2.55. The van der Waals surface area contributed by atoms with Gasteiger partial charge in [-0.15, -0.1) is 0 Å². The molecule has 3 atom stereocenters. The first-order chi connectivity index (χ1) is 10.3. The number of aromatic amines is 1. The molecular formula is C12H19N5O5. The SMILES string of the molecule is C[C@@H](N)C(=O)N[C@H](CO)C(=O)N[C@H](Cc1c[nH]cn1)C(=O)O. The first-order valence-electron chi connectivity index (χ1n) is 6.52. The summed E-state index contributed by atoms with van der Waals surface area (Å²) in [4.78, 5) is 41.1. The van der Waals surface area contributed by atoms with E-state index in [4.69, 9.17) is 15.9 Å². The zero-order chi connectivity index (χ0) is 16.7. The van der Waals surface area contributed by atoms with Crippen LogP contribution in [0.3, 0.4) is 0 Å². The van der Waals surface area contributed by atoms with Crippen LogP contribution in [0.15, 0.2) is 12.5 Å². The maximum Gasteiger partial charge on any atom is 0.326 e.